The Bertz CT molecular complexity index is 571. The maximum absolute atomic E-state index is 6.01. The van der Waals surface area contributed by atoms with Crippen LogP contribution in [0.25, 0.3) is 0 Å². The highest BCUT2D eigenvalue weighted by Crippen LogP contribution is 2.25. The Morgan fingerprint density at radius 3 is 2.38 bits per heavy atom. The van der Waals surface area contributed by atoms with E-state index >= 15 is 0 Å². The first kappa shape index (κ1) is 16.2. The van der Waals surface area contributed by atoms with E-state index in [9.17, 15) is 0 Å². The van der Waals surface area contributed by atoms with Gasteiger partial charge in [0.2, 0.25) is 0 Å². The van der Waals surface area contributed by atoms with Gasteiger partial charge in [-0.15, -0.1) is 0 Å². The lowest BCUT2D eigenvalue weighted by Gasteiger charge is -2.26. The molecule has 2 aromatic carbocycles. The molecule has 0 bridgehead atoms. The van der Waals surface area contributed by atoms with E-state index in [0.29, 0.717) is 5.02 Å². The Morgan fingerprint density at radius 2 is 1.76 bits per heavy atom. The molecule has 0 aliphatic carbocycles. The smallest absolute Gasteiger partial charge is 0.121 e. The zero-order valence-electron chi connectivity index (χ0n) is 12.1. The van der Waals surface area contributed by atoms with E-state index in [0.717, 1.165) is 22.9 Å². The van der Waals surface area contributed by atoms with Crippen molar-refractivity contribution in [1.82, 2.24) is 5.32 Å². The Morgan fingerprint density at radius 1 is 1.05 bits per heavy atom. The standard InChI is InChI=1S/C17H19Cl2NO/c1-3-20-17(13-7-9-14(18)10-8-13)12(2)21-16-6-4-5-15(19)11-16/h4-12,17,20H,3H2,1-2H3. The lowest BCUT2D eigenvalue weighted by Crippen LogP contribution is -2.33. The average molecular weight is 324 g/mol. The normalized spacial score (nSPS) is 13.7. The Kier molecular flexibility index (Phi) is 5.92. The minimum absolute atomic E-state index is 0.0374. The monoisotopic (exact) mass is 323 g/mol. The summed E-state index contributed by atoms with van der Waals surface area (Å²) in [5.41, 5.74) is 1.15. The van der Waals surface area contributed by atoms with Gasteiger partial charge in [-0.3, -0.25) is 0 Å². The van der Waals surface area contributed by atoms with E-state index < -0.39 is 0 Å². The number of hydrogen-bond acceptors (Lipinski definition) is 2. The van der Waals surface area contributed by atoms with E-state index in [4.69, 9.17) is 27.9 Å². The van der Waals surface area contributed by atoms with Gasteiger partial charge in [0, 0.05) is 10.0 Å². The van der Waals surface area contributed by atoms with Crippen LogP contribution in [0.2, 0.25) is 10.0 Å². The van der Waals surface area contributed by atoms with Crippen molar-refractivity contribution in [2.24, 2.45) is 0 Å². The van der Waals surface area contributed by atoms with Gasteiger partial charge in [-0.2, -0.15) is 0 Å². The first-order chi connectivity index (χ1) is 10.1. The molecule has 2 unspecified atom stereocenters. The topological polar surface area (TPSA) is 21.3 Å². The fourth-order valence-corrected chi connectivity index (χ4v) is 2.57. The van der Waals surface area contributed by atoms with Crippen LogP contribution in [0.15, 0.2) is 48.5 Å². The first-order valence-corrected chi connectivity index (χ1v) is 7.77. The molecule has 0 spiro atoms. The number of halogens is 2. The van der Waals surface area contributed by atoms with Crippen molar-refractivity contribution in [3.05, 3.63) is 64.1 Å². The highest BCUT2D eigenvalue weighted by atomic mass is 35.5. The molecule has 4 heteroatoms. The quantitative estimate of drug-likeness (QED) is 0.797. The van der Waals surface area contributed by atoms with Gasteiger partial charge in [-0.25, -0.2) is 0 Å². The third-order valence-electron chi connectivity index (χ3n) is 3.24. The van der Waals surface area contributed by atoms with E-state index in [1.54, 1.807) is 0 Å². The fourth-order valence-electron chi connectivity index (χ4n) is 2.27. The van der Waals surface area contributed by atoms with Crippen molar-refractivity contribution in [3.8, 4) is 5.75 Å². The predicted molar refractivity (Wildman–Crippen MR) is 89.4 cm³/mol. The molecule has 2 atom stereocenters. The third kappa shape index (κ3) is 4.63. The van der Waals surface area contributed by atoms with Crippen molar-refractivity contribution < 1.29 is 4.74 Å². The zero-order chi connectivity index (χ0) is 15.2. The van der Waals surface area contributed by atoms with Crippen LogP contribution in [-0.2, 0) is 0 Å². The molecule has 0 fully saturated rings. The molecule has 2 rings (SSSR count). The van der Waals surface area contributed by atoms with Gasteiger partial charge in [-0.05, 0) is 49.4 Å². The molecule has 2 nitrogen and oxygen atoms in total. The highest BCUT2D eigenvalue weighted by molar-refractivity contribution is 6.30. The second-order valence-electron chi connectivity index (χ2n) is 4.87. The highest BCUT2D eigenvalue weighted by Gasteiger charge is 2.20. The van der Waals surface area contributed by atoms with Gasteiger partial charge >= 0.3 is 0 Å². The van der Waals surface area contributed by atoms with Gasteiger partial charge < -0.3 is 10.1 Å². The second-order valence-corrected chi connectivity index (χ2v) is 5.74. The van der Waals surface area contributed by atoms with Crippen LogP contribution in [0, 0.1) is 0 Å². The number of rotatable bonds is 6. The average Bonchev–Trinajstić information content (AvgIpc) is 2.46. The minimum Gasteiger partial charge on any atom is -0.489 e. The molecule has 0 aliphatic rings. The van der Waals surface area contributed by atoms with E-state index in [1.807, 2.05) is 55.5 Å². The summed E-state index contributed by atoms with van der Waals surface area (Å²) >= 11 is 11.9. The molecule has 1 N–H and O–H groups in total. The molecule has 0 radical (unpaired) electrons. The zero-order valence-corrected chi connectivity index (χ0v) is 13.7. The van der Waals surface area contributed by atoms with Crippen LogP contribution in [0.1, 0.15) is 25.5 Å². The largest absolute Gasteiger partial charge is 0.489 e. The van der Waals surface area contributed by atoms with E-state index in [2.05, 4.69) is 12.2 Å². The van der Waals surface area contributed by atoms with Crippen LogP contribution in [0.3, 0.4) is 0 Å². The Labute approximate surface area is 136 Å². The molecule has 0 saturated carbocycles. The summed E-state index contributed by atoms with van der Waals surface area (Å²) in [6, 6.07) is 15.4. The first-order valence-electron chi connectivity index (χ1n) is 7.01. The summed E-state index contributed by atoms with van der Waals surface area (Å²) in [5.74, 6) is 0.770. The number of nitrogens with one attached hydrogen (secondary N) is 1. The van der Waals surface area contributed by atoms with Crippen LogP contribution in [0.5, 0.6) is 5.75 Å². The van der Waals surface area contributed by atoms with Gasteiger partial charge in [0.25, 0.3) is 0 Å². The van der Waals surface area contributed by atoms with Crippen LogP contribution >= 0.6 is 23.2 Å². The molecule has 0 aromatic heterocycles. The molecule has 2 aromatic rings. The van der Waals surface area contributed by atoms with Crippen molar-refractivity contribution in [1.29, 1.82) is 0 Å². The van der Waals surface area contributed by atoms with Crippen LogP contribution in [0.4, 0.5) is 0 Å². The molecule has 112 valence electrons. The summed E-state index contributed by atoms with van der Waals surface area (Å²) in [6.45, 7) is 4.98. The van der Waals surface area contributed by atoms with E-state index in [-0.39, 0.29) is 12.1 Å². The summed E-state index contributed by atoms with van der Waals surface area (Å²) in [6.07, 6.45) is -0.0374. The SMILES string of the molecule is CCNC(c1ccc(Cl)cc1)C(C)Oc1cccc(Cl)c1. The molecular formula is C17H19Cl2NO. The maximum atomic E-state index is 6.01. The third-order valence-corrected chi connectivity index (χ3v) is 3.73. The number of likely N-dealkylation sites (N-methyl/N-ethyl adjacent to an activating group) is 1. The molecule has 0 saturated heterocycles. The van der Waals surface area contributed by atoms with Gasteiger partial charge in [0.05, 0.1) is 6.04 Å². The Hall–Kier alpha value is -1.22. The summed E-state index contributed by atoms with van der Waals surface area (Å²) in [4.78, 5) is 0. The van der Waals surface area contributed by atoms with Gasteiger partial charge in [-0.1, -0.05) is 48.3 Å². The molecule has 0 amide bonds. The molecule has 21 heavy (non-hydrogen) atoms. The van der Waals surface area contributed by atoms with Crippen LogP contribution in [-0.4, -0.2) is 12.6 Å². The summed E-state index contributed by atoms with van der Waals surface area (Å²) in [5, 5.41) is 4.86. The summed E-state index contributed by atoms with van der Waals surface area (Å²) < 4.78 is 6.01. The molecule has 0 aliphatic heterocycles. The minimum atomic E-state index is -0.0374. The predicted octanol–water partition coefficient (Wildman–Crippen LogP) is 5.11. The maximum Gasteiger partial charge on any atom is 0.121 e. The van der Waals surface area contributed by atoms with Crippen molar-refractivity contribution >= 4 is 23.2 Å². The Balaban J connectivity index is 2.15. The van der Waals surface area contributed by atoms with Crippen molar-refractivity contribution in [2.75, 3.05) is 6.54 Å². The number of hydrogen-bond donors (Lipinski definition) is 1. The number of benzene rings is 2. The molecular weight excluding hydrogens is 305 g/mol. The van der Waals surface area contributed by atoms with Crippen molar-refractivity contribution in [3.63, 3.8) is 0 Å². The lowest BCUT2D eigenvalue weighted by molar-refractivity contribution is 0.172. The van der Waals surface area contributed by atoms with Crippen molar-refractivity contribution in [2.45, 2.75) is 26.0 Å². The van der Waals surface area contributed by atoms with Gasteiger partial charge in [0.15, 0.2) is 0 Å². The van der Waals surface area contributed by atoms with Gasteiger partial charge in [0.1, 0.15) is 11.9 Å². The lowest BCUT2D eigenvalue weighted by atomic mass is 10.0. The number of ether oxygens (including phenoxy) is 1. The summed E-state index contributed by atoms with van der Waals surface area (Å²) in [7, 11) is 0. The van der Waals surface area contributed by atoms with E-state index in [1.165, 1.54) is 0 Å². The molecule has 0 heterocycles. The second kappa shape index (κ2) is 7.69. The van der Waals surface area contributed by atoms with Crippen LogP contribution < -0.4 is 10.1 Å². The fraction of sp³-hybridized carbons (Fsp3) is 0.294.